The molecule has 1 atom stereocenters. The third kappa shape index (κ3) is 4.99. The van der Waals surface area contributed by atoms with Crippen molar-refractivity contribution in [3.8, 4) is 0 Å². The van der Waals surface area contributed by atoms with E-state index in [1.807, 2.05) is 0 Å². The van der Waals surface area contributed by atoms with Gasteiger partial charge in [0.2, 0.25) is 0 Å². The van der Waals surface area contributed by atoms with Crippen molar-refractivity contribution in [2.75, 3.05) is 0 Å². The van der Waals surface area contributed by atoms with Crippen LogP contribution in [0.2, 0.25) is 0 Å². The molecule has 1 rings (SSSR count). The molecule has 0 saturated heterocycles. The normalized spacial score (nSPS) is 21.9. The van der Waals surface area contributed by atoms with Crippen molar-refractivity contribution in [2.45, 2.75) is 83.8 Å². The zero-order valence-corrected chi connectivity index (χ0v) is 9.93. The van der Waals surface area contributed by atoms with E-state index >= 15 is 0 Å². The maximum atomic E-state index is 6.07. The van der Waals surface area contributed by atoms with Crippen LogP contribution in [0.3, 0.4) is 0 Å². The van der Waals surface area contributed by atoms with E-state index in [0.717, 1.165) is 0 Å². The highest BCUT2D eigenvalue weighted by atomic mass is 16.5. The standard InChI is InChI=1S/C13H26O/c1-3-4-9-12(2)14-13-10-7-5-6-8-11-13/h12-13H,3-11H2,1-2H3. The molecule has 84 valence electrons. The maximum absolute atomic E-state index is 6.07. The van der Waals surface area contributed by atoms with Crippen LogP contribution in [0, 0.1) is 0 Å². The van der Waals surface area contributed by atoms with Gasteiger partial charge in [0.05, 0.1) is 12.2 Å². The quantitative estimate of drug-likeness (QED) is 0.598. The average molecular weight is 198 g/mol. The molecule has 0 radical (unpaired) electrons. The molecule has 1 unspecified atom stereocenters. The lowest BCUT2D eigenvalue weighted by molar-refractivity contribution is -0.0142. The monoisotopic (exact) mass is 198 g/mol. The highest BCUT2D eigenvalue weighted by Crippen LogP contribution is 2.21. The fraction of sp³-hybridized carbons (Fsp3) is 1.00. The summed E-state index contributed by atoms with van der Waals surface area (Å²) in [7, 11) is 0. The van der Waals surface area contributed by atoms with Crippen molar-refractivity contribution in [1.82, 2.24) is 0 Å². The summed E-state index contributed by atoms with van der Waals surface area (Å²) >= 11 is 0. The second-order valence-electron chi connectivity index (χ2n) is 4.70. The minimum atomic E-state index is 0.484. The van der Waals surface area contributed by atoms with Gasteiger partial charge in [-0.1, -0.05) is 45.4 Å². The van der Waals surface area contributed by atoms with E-state index in [4.69, 9.17) is 4.74 Å². The first-order valence-corrected chi connectivity index (χ1v) is 6.48. The fourth-order valence-corrected chi connectivity index (χ4v) is 2.27. The van der Waals surface area contributed by atoms with Gasteiger partial charge in [-0.3, -0.25) is 0 Å². The van der Waals surface area contributed by atoms with Crippen molar-refractivity contribution in [3.05, 3.63) is 0 Å². The lowest BCUT2D eigenvalue weighted by atomic mass is 10.1. The van der Waals surface area contributed by atoms with Crippen LogP contribution in [0.5, 0.6) is 0 Å². The van der Waals surface area contributed by atoms with E-state index in [1.165, 1.54) is 57.8 Å². The Bertz CT molecular complexity index is 125. The average Bonchev–Trinajstić information content (AvgIpc) is 2.43. The van der Waals surface area contributed by atoms with Crippen LogP contribution < -0.4 is 0 Å². The number of ether oxygens (including phenoxy) is 1. The summed E-state index contributed by atoms with van der Waals surface area (Å²) in [5.74, 6) is 0. The topological polar surface area (TPSA) is 9.23 Å². The van der Waals surface area contributed by atoms with Gasteiger partial charge in [-0.2, -0.15) is 0 Å². The first-order valence-electron chi connectivity index (χ1n) is 6.48. The summed E-state index contributed by atoms with van der Waals surface area (Å²) in [6.07, 6.45) is 13.1. The van der Waals surface area contributed by atoms with Crippen LogP contribution in [0.4, 0.5) is 0 Å². The summed E-state index contributed by atoms with van der Waals surface area (Å²) in [6.45, 7) is 4.49. The fourth-order valence-electron chi connectivity index (χ4n) is 2.27. The Morgan fingerprint density at radius 1 is 1.14 bits per heavy atom. The Morgan fingerprint density at radius 3 is 2.36 bits per heavy atom. The molecule has 1 saturated carbocycles. The van der Waals surface area contributed by atoms with E-state index in [0.29, 0.717) is 12.2 Å². The van der Waals surface area contributed by atoms with Gasteiger partial charge >= 0.3 is 0 Å². The van der Waals surface area contributed by atoms with Crippen molar-refractivity contribution >= 4 is 0 Å². The molecule has 0 aromatic heterocycles. The minimum absolute atomic E-state index is 0.484. The largest absolute Gasteiger partial charge is 0.375 e. The number of hydrogen-bond donors (Lipinski definition) is 0. The number of unbranched alkanes of at least 4 members (excludes halogenated alkanes) is 1. The van der Waals surface area contributed by atoms with Crippen LogP contribution in [-0.4, -0.2) is 12.2 Å². The van der Waals surface area contributed by atoms with Crippen molar-refractivity contribution < 1.29 is 4.74 Å². The van der Waals surface area contributed by atoms with Crippen LogP contribution in [-0.2, 0) is 4.74 Å². The Balaban J connectivity index is 2.13. The highest BCUT2D eigenvalue weighted by Gasteiger charge is 2.15. The molecule has 0 heterocycles. The van der Waals surface area contributed by atoms with Crippen molar-refractivity contribution in [2.24, 2.45) is 0 Å². The third-order valence-corrected chi connectivity index (χ3v) is 3.19. The lowest BCUT2D eigenvalue weighted by Gasteiger charge is -2.20. The van der Waals surface area contributed by atoms with Gasteiger partial charge in [-0.25, -0.2) is 0 Å². The van der Waals surface area contributed by atoms with E-state index in [2.05, 4.69) is 13.8 Å². The van der Waals surface area contributed by atoms with Crippen LogP contribution >= 0.6 is 0 Å². The molecule has 0 aromatic carbocycles. The smallest absolute Gasteiger partial charge is 0.0578 e. The zero-order chi connectivity index (χ0) is 10.2. The first kappa shape index (κ1) is 12.0. The Hall–Kier alpha value is -0.0400. The molecule has 0 spiro atoms. The molecule has 1 nitrogen and oxygen atoms in total. The van der Waals surface area contributed by atoms with Crippen molar-refractivity contribution in [3.63, 3.8) is 0 Å². The van der Waals surface area contributed by atoms with Gasteiger partial charge in [-0.05, 0) is 26.2 Å². The van der Waals surface area contributed by atoms with E-state index in [1.54, 1.807) is 0 Å². The molecular formula is C13H26O. The molecule has 0 bridgehead atoms. The summed E-state index contributed by atoms with van der Waals surface area (Å²) in [5, 5.41) is 0. The molecule has 0 amide bonds. The predicted molar refractivity (Wildman–Crippen MR) is 61.6 cm³/mol. The third-order valence-electron chi connectivity index (χ3n) is 3.19. The maximum Gasteiger partial charge on any atom is 0.0578 e. The van der Waals surface area contributed by atoms with Gasteiger partial charge < -0.3 is 4.74 Å². The molecule has 1 aliphatic carbocycles. The van der Waals surface area contributed by atoms with Gasteiger partial charge in [-0.15, -0.1) is 0 Å². The van der Waals surface area contributed by atoms with Crippen LogP contribution in [0.25, 0.3) is 0 Å². The summed E-state index contributed by atoms with van der Waals surface area (Å²) < 4.78 is 6.07. The molecule has 1 aliphatic rings. The molecule has 14 heavy (non-hydrogen) atoms. The van der Waals surface area contributed by atoms with E-state index in [9.17, 15) is 0 Å². The van der Waals surface area contributed by atoms with Crippen LogP contribution in [0.1, 0.15) is 71.6 Å². The second kappa shape index (κ2) is 7.28. The summed E-state index contributed by atoms with van der Waals surface area (Å²) in [4.78, 5) is 0. The van der Waals surface area contributed by atoms with Gasteiger partial charge in [0, 0.05) is 0 Å². The minimum Gasteiger partial charge on any atom is -0.375 e. The highest BCUT2D eigenvalue weighted by molar-refractivity contribution is 4.65. The van der Waals surface area contributed by atoms with E-state index < -0.39 is 0 Å². The van der Waals surface area contributed by atoms with Gasteiger partial charge in [0.1, 0.15) is 0 Å². The summed E-state index contributed by atoms with van der Waals surface area (Å²) in [6, 6.07) is 0. The number of rotatable bonds is 5. The number of hydrogen-bond acceptors (Lipinski definition) is 1. The lowest BCUT2D eigenvalue weighted by Crippen LogP contribution is -2.19. The second-order valence-corrected chi connectivity index (χ2v) is 4.70. The predicted octanol–water partition coefficient (Wildman–Crippen LogP) is 4.30. The van der Waals surface area contributed by atoms with E-state index in [-0.39, 0.29) is 0 Å². The molecular weight excluding hydrogens is 172 g/mol. The molecule has 0 N–H and O–H groups in total. The SMILES string of the molecule is CCCCC(C)OC1CCCCCC1. The first-order chi connectivity index (χ1) is 6.83. The Morgan fingerprint density at radius 2 is 1.79 bits per heavy atom. The summed E-state index contributed by atoms with van der Waals surface area (Å²) in [5.41, 5.74) is 0. The Labute approximate surface area is 89.2 Å². The Kier molecular flexibility index (Phi) is 6.25. The zero-order valence-electron chi connectivity index (χ0n) is 9.93. The molecule has 0 aromatic rings. The van der Waals surface area contributed by atoms with Crippen LogP contribution in [0.15, 0.2) is 0 Å². The van der Waals surface area contributed by atoms with Gasteiger partial charge in [0.25, 0.3) is 0 Å². The molecule has 1 fully saturated rings. The molecule has 1 heteroatoms. The van der Waals surface area contributed by atoms with Gasteiger partial charge in [0.15, 0.2) is 0 Å². The molecule has 0 aliphatic heterocycles. The van der Waals surface area contributed by atoms with Crippen molar-refractivity contribution in [1.29, 1.82) is 0 Å².